The summed E-state index contributed by atoms with van der Waals surface area (Å²) in [6.07, 6.45) is 8.08. The molecule has 0 saturated carbocycles. The Bertz CT molecular complexity index is 355. The van der Waals surface area contributed by atoms with Gasteiger partial charge in [0.25, 0.3) is 0 Å². The summed E-state index contributed by atoms with van der Waals surface area (Å²) in [4.78, 5) is 0. The van der Waals surface area contributed by atoms with Crippen LogP contribution in [0.3, 0.4) is 0 Å². The van der Waals surface area contributed by atoms with Crippen molar-refractivity contribution in [1.29, 1.82) is 0 Å². The number of hydrogen-bond donors (Lipinski definition) is 0. The molecule has 0 bridgehead atoms. The second-order valence-electron chi connectivity index (χ2n) is 3.89. The van der Waals surface area contributed by atoms with Crippen LogP contribution >= 0.6 is 0 Å². The van der Waals surface area contributed by atoms with Crippen molar-refractivity contribution in [2.75, 3.05) is 0 Å². The third-order valence-electron chi connectivity index (χ3n) is 2.80. The molecule has 0 N–H and O–H groups in total. The van der Waals surface area contributed by atoms with Crippen molar-refractivity contribution in [3.05, 3.63) is 59.2 Å². The Morgan fingerprint density at radius 2 is 1.93 bits per heavy atom. The molecule has 0 unspecified atom stereocenters. The fraction of sp³-hybridized carbons (Fsp3) is 0.286. The van der Waals surface area contributed by atoms with E-state index in [1.54, 1.807) is 5.57 Å². The first-order chi connectivity index (χ1) is 6.86. The number of hydrogen-bond acceptors (Lipinski definition) is 0. The Morgan fingerprint density at radius 3 is 2.64 bits per heavy atom. The van der Waals surface area contributed by atoms with E-state index < -0.39 is 0 Å². The van der Waals surface area contributed by atoms with E-state index in [0.717, 1.165) is 6.42 Å². The van der Waals surface area contributed by atoms with Gasteiger partial charge >= 0.3 is 0 Å². The lowest BCUT2D eigenvalue weighted by Gasteiger charge is -2.13. The summed E-state index contributed by atoms with van der Waals surface area (Å²) >= 11 is 0. The molecular formula is C14H16. The van der Waals surface area contributed by atoms with Gasteiger partial charge in [-0.2, -0.15) is 0 Å². The standard InChI is InChI=1S/C14H16/c1-12-7-5-6-10-14(12)11-13-8-3-2-4-9-13/h2-5,7-9H,6,10-11H2,1H3. The van der Waals surface area contributed by atoms with Gasteiger partial charge in [-0.25, -0.2) is 0 Å². The highest BCUT2D eigenvalue weighted by atomic mass is 14.1. The molecule has 0 aliphatic heterocycles. The molecule has 1 aromatic rings. The molecule has 1 aliphatic rings. The fourth-order valence-electron chi connectivity index (χ4n) is 1.90. The van der Waals surface area contributed by atoms with E-state index in [1.165, 1.54) is 24.0 Å². The highest BCUT2D eigenvalue weighted by Crippen LogP contribution is 2.22. The molecule has 0 spiro atoms. The summed E-state index contributed by atoms with van der Waals surface area (Å²) in [7, 11) is 0. The fourth-order valence-corrected chi connectivity index (χ4v) is 1.90. The van der Waals surface area contributed by atoms with Gasteiger partial charge in [-0.3, -0.25) is 0 Å². The second kappa shape index (κ2) is 4.28. The molecule has 1 aromatic carbocycles. The summed E-state index contributed by atoms with van der Waals surface area (Å²) in [6.45, 7) is 2.22. The van der Waals surface area contributed by atoms with Crippen LogP contribution in [0.1, 0.15) is 25.3 Å². The van der Waals surface area contributed by atoms with E-state index in [1.807, 2.05) is 0 Å². The maximum Gasteiger partial charge on any atom is -0.00613 e. The minimum atomic E-state index is 1.12. The second-order valence-corrected chi connectivity index (χ2v) is 3.89. The minimum Gasteiger partial charge on any atom is -0.0840 e. The van der Waals surface area contributed by atoms with Crippen LogP contribution in [0, 0.1) is 0 Å². The molecule has 0 radical (unpaired) electrons. The molecule has 0 nitrogen and oxygen atoms in total. The van der Waals surface area contributed by atoms with Gasteiger partial charge in [-0.1, -0.05) is 53.6 Å². The van der Waals surface area contributed by atoms with Crippen LogP contribution in [0.5, 0.6) is 0 Å². The summed E-state index contributed by atoms with van der Waals surface area (Å²) in [5, 5.41) is 0. The first-order valence-electron chi connectivity index (χ1n) is 5.25. The van der Waals surface area contributed by atoms with E-state index >= 15 is 0 Å². The van der Waals surface area contributed by atoms with Crippen LogP contribution in [-0.2, 0) is 6.42 Å². The van der Waals surface area contributed by atoms with Crippen molar-refractivity contribution in [2.24, 2.45) is 0 Å². The smallest absolute Gasteiger partial charge is 0.00613 e. The summed E-state index contributed by atoms with van der Waals surface area (Å²) in [5.74, 6) is 0. The van der Waals surface area contributed by atoms with E-state index in [4.69, 9.17) is 0 Å². The Morgan fingerprint density at radius 1 is 1.14 bits per heavy atom. The zero-order valence-corrected chi connectivity index (χ0v) is 8.66. The van der Waals surface area contributed by atoms with Crippen LogP contribution in [0.2, 0.25) is 0 Å². The summed E-state index contributed by atoms with van der Waals surface area (Å²) in [5.41, 5.74) is 4.48. The van der Waals surface area contributed by atoms with Crippen molar-refractivity contribution in [3.63, 3.8) is 0 Å². The molecule has 1 aliphatic carbocycles. The van der Waals surface area contributed by atoms with E-state index in [0.29, 0.717) is 0 Å². The van der Waals surface area contributed by atoms with Crippen molar-refractivity contribution in [1.82, 2.24) is 0 Å². The largest absolute Gasteiger partial charge is 0.0840 e. The van der Waals surface area contributed by atoms with Gasteiger partial charge in [-0.05, 0) is 31.7 Å². The van der Waals surface area contributed by atoms with Crippen LogP contribution < -0.4 is 0 Å². The van der Waals surface area contributed by atoms with E-state index in [-0.39, 0.29) is 0 Å². The summed E-state index contributed by atoms with van der Waals surface area (Å²) in [6, 6.07) is 10.7. The molecular weight excluding hydrogens is 168 g/mol. The first kappa shape index (κ1) is 9.26. The molecule has 0 fully saturated rings. The highest BCUT2D eigenvalue weighted by Gasteiger charge is 2.05. The molecule has 0 atom stereocenters. The predicted molar refractivity (Wildman–Crippen MR) is 61.2 cm³/mol. The van der Waals surface area contributed by atoms with Gasteiger partial charge < -0.3 is 0 Å². The topological polar surface area (TPSA) is 0 Å². The van der Waals surface area contributed by atoms with Crippen LogP contribution in [-0.4, -0.2) is 0 Å². The lowest BCUT2D eigenvalue weighted by Crippen LogP contribution is -1.96. The van der Waals surface area contributed by atoms with Gasteiger partial charge in [0, 0.05) is 0 Å². The Hall–Kier alpha value is -1.30. The Balaban J connectivity index is 2.15. The van der Waals surface area contributed by atoms with Gasteiger partial charge in [0.15, 0.2) is 0 Å². The van der Waals surface area contributed by atoms with Gasteiger partial charge in [0.2, 0.25) is 0 Å². The third kappa shape index (κ3) is 2.14. The third-order valence-corrected chi connectivity index (χ3v) is 2.80. The molecule has 2 rings (SSSR count). The molecule has 0 heteroatoms. The maximum atomic E-state index is 2.27. The van der Waals surface area contributed by atoms with Crippen molar-refractivity contribution in [2.45, 2.75) is 26.2 Å². The average molecular weight is 184 g/mol. The maximum absolute atomic E-state index is 2.27. The van der Waals surface area contributed by atoms with Crippen LogP contribution in [0.15, 0.2) is 53.6 Å². The lowest BCUT2D eigenvalue weighted by molar-refractivity contribution is 0.890. The van der Waals surface area contributed by atoms with Crippen LogP contribution in [0.25, 0.3) is 0 Å². The lowest BCUT2D eigenvalue weighted by atomic mass is 9.93. The normalized spacial score (nSPS) is 16.1. The number of benzene rings is 1. The summed E-state index contributed by atoms with van der Waals surface area (Å²) < 4.78 is 0. The quantitative estimate of drug-likeness (QED) is 0.654. The monoisotopic (exact) mass is 184 g/mol. The Labute approximate surface area is 86.0 Å². The number of rotatable bonds is 2. The zero-order valence-electron chi connectivity index (χ0n) is 8.66. The average Bonchev–Trinajstić information content (AvgIpc) is 2.23. The molecule has 0 heterocycles. The SMILES string of the molecule is CC1=C(Cc2ccccc2)CCC=C1. The molecule has 0 amide bonds. The number of allylic oxidation sites excluding steroid dienone is 4. The van der Waals surface area contributed by atoms with Gasteiger partial charge in [0.1, 0.15) is 0 Å². The van der Waals surface area contributed by atoms with Crippen LogP contribution in [0.4, 0.5) is 0 Å². The van der Waals surface area contributed by atoms with E-state index in [2.05, 4.69) is 49.4 Å². The van der Waals surface area contributed by atoms with Crippen molar-refractivity contribution < 1.29 is 0 Å². The molecule has 0 saturated heterocycles. The first-order valence-corrected chi connectivity index (χ1v) is 5.25. The van der Waals surface area contributed by atoms with Gasteiger partial charge in [-0.15, -0.1) is 0 Å². The van der Waals surface area contributed by atoms with Crippen molar-refractivity contribution in [3.8, 4) is 0 Å². The molecule has 0 aromatic heterocycles. The van der Waals surface area contributed by atoms with Crippen molar-refractivity contribution >= 4 is 0 Å². The minimum absolute atomic E-state index is 1.12. The Kier molecular flexibility index (Phi) is 2.83. The highest BCUT2D eigenvalue weighted by molar-refractivity contribution is 5.32. The molecule has 72 valence electrons. The predicted octanol–water partition coefficient (Wildman–Crippen LogP) is 3.90. The van der Waals surface area contributed by atoms with Gasteiger partial charge in [0.05, 0.1) is 0 Å². The zero-order chi connectivity index (χ0) is 9.80. The molecule has 14 heavy (non-hydrogen) atoms. The van der Waals surface area contributed by atoms with E-state index in [9.17, 15) is 0 Å².